The molecule has 1 saturated heterocycles. The van der Waals surface area contributed by atoms with Gasteiger partial charge >= 0.3 is 0 Å². The van der Waals surface area contributed by atoms with E-state index >= 15 is 0 Å². The Morgan fingerprint density at radius 1 is 1.05 bits per heavy atom. The second-order valence-corrected chi connectivity index (χ2v) is 7.74. The fraction of sp³-hybridized carbons (Fsp3) is 1.00. The molecule has 3 rings (SSSR count). The van der Waals surface area contributed by atoms with Crippen molar-refractivity contribution in [2.24, 2.45) is 23.5 Å². The Kier molecular flexibility index (Phi) is 4.80. The molecule has 2 aliphatic carbocycles. The second kappa shape index (κ2) is 6.31. The zero-order valence-electron chi connectivity index (χ0n) is 11.9. The van der Waals surface area contributed by atoms with Crippen molar-refractivity contribution in [1.82, 2.24) is 0 Å². The average Bonchev–Trinajstić information content (AvgIpc) is 3.06. The Morgan fingerprint density at radius 3 is 2.38 bits per heavy atom. The highest BCUT2D eigenvalue weighted by Crippen LogP contribution is 2.49. The van der Waals surface area contributed by atoms with Crippen LogP contribution in [0.2, 0.25) is 0 Å². The van der Waals surface area contributed by atoms with Gasteiger partial charge in [-0.3, -0.25) is 0 Å². The van der Waals surface area contributed by atoms with Crippen molar-refractivity contribution in [3.8, 4) is 0 Å². The molecule has 6 N–H and O–H groups in total. The van der Waals surface area contributed by atoms with Crippen LogP contribution < -0.4 is 5.73 Å². The van der Waals surface area contributed by atoms with Crippen LogP contribution in [-0.2, 0) is 4.74 Å². The van der Waals surface area contributed by atoms with E-state index in [-0.39, 0.29) is 12.6 Å². The smallest absolute Gasteiger partial charge is 0.132 e. The second-order valence-electron chi connectivity index (χ2n) is 6.61. The molecule has 0 spiro atoms. The molecule has 3 fully saturated rings. The van der Waals surface area contributed by atoms with Crippen molar-refractivity contribution in [3.05, 3.63) is 0 Å². The molecule has 0 amide bonds. The molecule has 1 heterocycles. The summed E-state index contributed by atoms with van der Waals surface area (Å²) in [5.41, 5.74) is 5.64. The van der Waals surface area contributed by atoms with Crippen LogP contribution in [0.25, 0.3) is 0 Å². The first-order valence-electron chi connectivity index (χ1n) is 7.70. The van der Waals surface area contributed by atoms with Crippen molar-refractivity contribution in [2.45, 2.75) is 55.2 Å². The van der Waals surface area contributed by atoms with Crippen LogP contribution in [0, 0.1) is 17.8 Å². The molecule has 122 valence electrons. The lowest BCUT2D eigenvalue weighted by Gasteiger charge is -2.40. The lowest BCUT2D eigenvalue weighted by Crippen LogP contribution is -2.57. The van der Waals surface area contributed by atoms with Crippen molar-refractivity contribution in [2.75, 3.05) is 12.4 Å². The summed E-state index contributed by atoms with van der Waals surface area (Å²) in [7, 11) is 0. The number of hydrogen-bond donors (Lipinski definition) is 5. The van der Waals surface area contributed by atoms with Gasteiger partial charge in [-0.15, -0.1) is 11.8 Å². The van der Waals surface area contributed by atoms with Crippen LogP contribution in [0.1, 0.15) is 19.3 Å². The van der Waals surface area contributed by atoms with E-state index < -0.39 is 29.9 Å². The summed E-state index contributed by atoms with van der Waals surface area (Å²) in [6.07, 6.45) is -0.877. The van der Waals surface area contributed by atoms with E-state index in [1.807, 2.05) is 0 Å². The maximum absolute atomic E-state index is 10.0. The van der Waals surface area contributed by atoms with Gasteiger partial charge in [0.15, 0.2) is 0 Å². The van der Waals surface area contributed by atoms with Gasteiger partial charge in [0, 0.05) is 11.8 Å². The molecular formula is C14H25NO5S. The standard InChI is InChI=1S/C14H25NO5S/c15-10-7-2-1-6(3-7)8(10)5-21-14-13(19)12(18)11(17)9(4-16)20-14/h6-14,16-19H,1-5,15H2/t6?,7?,8?,9-,10?,11+,12+,13-,14+/m1/s1. The lowest BCUT2D eigenvalue weighted by molar-refractivity contribution is -0.205. The third-order valence-corrected chi connectivity index (χ3v) is 6.76. The summed E-state index contributed by atoms with van der Waals surface area (Å²) >= 11 is 1.44. The van der Waals surface area contributed by atoms with Gasteiger partial charge in [0.05, 0.1) is 6.61 Å². The van der Waals surface area contributed by atoms with E-state index in [1.165, 1.54) is 31.0 Å². The van der Waals surface area contributed by atoms with Crippen LogP contribution in [0.3, 0.4) is 0 Å². The monoisotopic (exact) mass is 319 g/mol. The largest absolute Gasteiger partial charge is 0.394 e. The highest BCUT2D eigenvalue weighted by molar-refractivity contribution is 7.99. The van der Waals surface area contributed by atoms with Crippen molar-refractivity contribution < 1.29 is 25.2 Å². The van der Waals surface area contributed by atoms with Crippen LogP contribution in [-0.4, -0.2) is 68.7 Å². The number of rotatable bonds is 4. The molecule has 3 aliphatic rings. The number of ether oxygens (including phenoxy) is 1. The SMILES string of the molecule is NC1C2CCC(C2)C1CS[C@@H]1O[C@H](CO)[C@H](O)[C@H](O)[C@H]1O. The minimum Gasteiger partial charge on any atom is -0.394 e. The predicted molar refractivity (Wildman–Crippen MR) is 78.5 cm³/mol. The molecule has 0 radical (unpaired) electrons. The summed E-state index contributed by atoms with van der Waals surface area (Å²) in [4.78, 5) is 0. The molecule has 6 nitrogen and oxygen atoms in total. The fourth-order valence-electron chi connectivity index (χ4n) is 4.11. The molecule has 2 saturated carbocycles. The Labute approximate surface area is 128 Å². The van der Waals surface area contributed by atoms with Crippen molar-refractivity contribution in [1.29, 1.82) is 0 Å². The molecular weight excluding hydrogens is 294 g/mol. The van der Waals surface area contributed by atoms with E-state index in [4.69, 9.17) is 10.5 Å². The first kappa shape index (κ1) is 16.0. The summed E-state index contributed by atoms with van der Waals surface area (Å²) in [5.74, 6) is 2.52. The number of fused-ring (bicyclic) bond motifs is 2. The maximum atomic E-state index is 10.0. The number of aliphatic hydroxyl groups excluding tert-OH is 4. The minimum atomic E-state index is -1.29. The molecule has 0 aromatic rings. The van der Waals surface area contributed by atoms with Crippen LogP contribution in [0.15, 0.2) is 0 Å². The van der Waals surface area contributed by atoms with E-state index in [9.17, 15) is 20.4 Å². The summed E-state index contributed by atoms with van der Waals surface area (Å²) in [6.45, 7) is -0.379. The minimum absolute atomic E-state index is 0.223. The Morgan fingerprint density at radius 2 is 1.76 bits per heavy atom. The number of hydrogen-bond acceptors (Lipinski definition) is 7. The summed E-state index contributed by atoms with van der Waals surface area (Å²) in [6, 6.07) is 0.223. The molecule has 4 unspecified atom stereocenters. The molecule has 1 aliphatic heterocycles. The number of thioether (sulfide) groups is 1. The lowest BCUT2D eigenvalue weighted by atomic mass is 9.86. The highest BCUT2D eigenvalue weighted by atomic mass is 32.2. The van der Waals surface area contributed by atoms with Gasteiger partial charge in [-0.25, -0.2) is 0 Å². The van der Waals surface area contributed by atoms with Gasteiger partial charge in [-0.1, -0.05) is 0 Å². The molecule has 9 atom stereocenters. The van der Waals surface area contributed by atoms with E-state index in [0.29, 0.717) is 17.8 Å². The van der Waals surface area contributed by atoms with Crippen molar-refractivity contribution in [3.63, 3.8) is 0 Å². The van der Waals surface area contributed by atoms with Gasteiger partial charge in [-0.2, -0.15) is 0 Å². The topological polar surface area (TPSA) is 116 Å². The highest BCUT2D eigenvalue weighted by Gasteiger charge is 2.47. The zero-order chi connectivity index (χ0) is 15.1. The number of aliphatic hydroxyl groups is 4. The molecule has 2 bridgehead atoms. The molecule has 7 heteroatoms. The number of nitrogens with two attached hydrogens (primary N) is 1. The van der Waals surface area contributed by atoms with Gasteiger partial charge in [0.25, 0.3) is 0 Å². The van der Waals surface area contributed by atoms with E-state index in [0.717, 1.165) is 5.75 Å². The third kappa shape index (κ3) is 2.85. The molecule has 0 aromatic heterocycles. The normalized spacial score (nSPS) is 53.3. The van der Waals surface area contributed by atoms with Crippen LogP contribution >= 0.6 is 11.8 Å². The van der Waals surface area contributed by atoms with Crippen molar-refractivity contribution >= 4 is 11.8 Å². The zero-order valence-corrected chi connectivity index (χ0v) is 12.7. The summed E-state index contributed by atoms with van der Waals surface area (Å²) in [5, 5.41) is 38.8. The van der Waals surface area contributed by atoms with Gasteiger partial charge < -0.3 is 30.9 Å². The predicted octanol–water partition coefficient (Wildman–Crippen LogP) is -1.11. The maximum Gasteiger partial charge on any atom is 0.132 e. The third-order valence-electron chi connectivity index (χ3n) is 5.46. The first-order chi connectivity index (χ1) is 10.0. The van der Waals surface area contributed by atoms with Crippen LogP contribution in [0.4, 0.5) is 0 Å². The van der Waals surface area contributed by atoms with E-state index in [2.05, 4.69) is 0 Å². The van der Waals surface area contributed by atoms with Crippen LogP contribution in [0.5, 0.6) is 0 Å². The van der Waals surface area contributed by atoms with Gasteiger partial charge in [-0.05, 0) is 37.0 Å². The fourth-order valence-corrected chi connectivity index (χ4v) is 5.60. The molecule has 0 aromatic carbocycles. The first-order valence-corrected chi connectivity index (χ1v) is 8.75. The van der Waals surface area contributed by atoms with Gasteiger partial charge in [0.2, 0.25) is 0 Å². The quantitative estimate of drug-likeness (QED) is 0.446. The molecule has 21 heavy (non-hydrogen) atoms. The Balaban J connectivity index is 1.57. The Bertz CT molecular complexity index is 369. The Hall–Kier alpha value is 0.110. The van der Waals surface area contributed by atoms with Gasteiger partial charge in [0.1, 0.15) is 29.9 Å². The summed E-state index contributed by atoms with van der Waals surface area (Å²) < 4.78 is 5.52. The van der Waals surface area contributed by atoms with E-state index in [1.54, 1.807) is 0 Å². The average molecular weight is 319 g/mol.